The standard InChI is InChI=1S/C17H14N6O2/c1-10-18-12-7-3-2-6-11(12)15(24)23(10)22-17(25)21-16-19-13-8-4-5-9-14(13)20-16/h2-9H,1H3,(H3,19,20,21,22,25). The Morgan fingerprint density at radius 2 is 1.76 bits per heavy atom. The molecule has 0 saturated carbocycles. The first kappa shape index (κ1) is 14.9. The summed E-state index contributed by atoms with van der Waals surface area (Å²) in [6, 6.07) is 13.8. The first-order valence-electron chi connectivity index (χ1n) is 7.63. The van der Waals surface area contributed by atoms with Gasteiger partial charge in [-0.15, -0.1) is 0 Å². The number of imidazole rings is 1. The molecule has 8 heteroatoms. The lowest BCUT2D eigenvalue weighted by atomic mass is 10.2. The maximum absolute atomic E-state index is 12.5. The molecule has 0 unspecified atom stereocenters. The van der Waals surface area contributed by atoms with E-state index in [2.05, 4.69) is 25.7 Å². The number of carbonyl (C=O) groups is 1. The minimum absolute atomic E-state index is 0.290. The van der Waals surface area contributed by atoms with Crippen molar-refractivity contribution in [3.05, 3.63) is 64.7 Å². The number of para-hydroxylation sites is 3. The highest BCUT2D eigenvalue weighted by Gasteiger charge is 2.12. The molecule has 0 radical (unpaired) electrons. The molecule has 0 atom stereocenters. The summed E-state index contributed by atoms with van der Waals surface area (Å²) < 4.78 is 1.11. The Hall–Kier alpha value is -3.68. The van der Waals surface area contributed by atoms with E-state index in [0.29, 0.717) is 16.7 Å². The van der Waals surface area contributed by atoms with Crippen molar-refractivity contribution < 1.29 is 4.79 Å². The summed E-state index contributed by atoms with van der Waals surface area (Å²) in [6.07, 6.45) is 0. The SMILES string of the molecule is Cc1nc2ccccc2c(=O)n1NC(=O)Nc1nc2ccccc2[nH]1. The molecule has 0 aliphatic rings. The van der Waals surface area contributed by atoms with Crippen LogP contribution in [0, 0.1) is 6.92 Å². The third-order valence-electron chi connectivity index (χ3n) is 3.78. The number of H-pyrrole nitrogens is 1. The van der Waals surface area contributed by atoms with Crippen LogP contribution in [0.1, 0.15) is 5.82 Å². The molecule has 0 aliphatic carbocycles. The van der Waals surface area contributed by atoms with Crippen LogP contribution < -0.4 is 16.3 Å². The van der Waals surface area contributed by atoms with Crippen LogP contribution in [0.4, 0.5) is 10.7 Å². The van der Waals surface area contributed by atoms with Crippen molar-refractivity contribution in [3.63, 3.8) is 0 Å². The zero-order valence-electron chi connectivity index (χ0n) is 13.3. The summed E-state index contributed by atoms with van der Waals surface area (Å²) in [5.41, 5.74) is 4.27. The number of nitrogens with one attached hydrogen (secondary N) is 3. The van der Waals surface area contributed by atoms with Crippen LogP contribution >= 0.6 is 0 Å². The van der Waals surface area contributed by atoms with Gasteiger partial charge < -0.3 is 4.98 Å². The molecular weight excluding hydrogens is 320 g/mol. The van der Waals surface area contributed by atoms with Crippen molar-refractivity contribution in [1.29, 1.82) is 0 Å². The van der Waals surface area contributed by atoms with Gasteiger partial charge in [0, 0.05) is 0 Å². The van der Waals surface area contributed by atoms with Crippen LogP contribution in [0.5, 0.6) is 0 Å². The van der Waals surface area contributed by atoms with Gasteiger partial charge >= 0.3 is 6.03 Å². The van der Waals surface area contributed by atoms with Crippen LogP contribution in [-0.4, -0.2) is 25.7 Å². The van der Waals surface area contributed by atoms with Crippen LogP contribution in [0.2, 0.25) is 0 Å². The first-order chi connectivity index (χ1) is 12.1. The molecule has 124 valence electrons. The van der Waals surface area contributed by atoms with E-state index in [1.165, 1.54) is 0 Å². The quantitative estimate of drug-likeness (QED) is 0.523. The van der Waals surface area contributed by atoms with E-state index in [9.17, 15) is 9.59 Å². The molecule has 25 heavy (non-hydrogen) atoms. The normalized spacial score (nSPS) is 10.9. The Balaban J connectivity index is 1.62. The fourth-order valence-corrected chi connectivity index (χ4v) is 2.62. The molecule has 0 saturated heterocycles. The molecule has 4 rings (SSSR count). The highest BCUT2D eigenvalue weighted by atomic mass is 16.2. The molecule has 0 spiro atoms. The van der Waals surface area contributed by atoms with Gasteiger partial charge in [0.2, 0.25) is 5.95 Å². The number of hydrogen-bond acceptors (Lipinski definition) is 4. The number of benzene rings is 2. The van der Waals surface area contributed by atoms with Crippen molar-refractivity contribution >= 4 is 33.9 Å². The van der Waals surface area contributed by atoms with Gasteiger partial charge in [0.1, 0.15) is 5.82 Å². The molecule has 3 N–H and O–H groups in total. The number of nitrogens with zero attached hydrogens (tertiary/aromatic N) is 3. The van der Waals surface area contributed by atoms with Crippen LogP contribution in [-0.2, 0) is 0 Å². The van der Waals surface area contributed by atoms with Gasteiger partial charge in [0.15, 0.2) is 0 Å². The lowest BCUT2D eigenvalue weighted by Crippen LogP contribution is -2.37. The van der Waals surface area contributed by atoms with Gasteiger partial charge in [-0.3, -0.25) is 10.1 Å². The lowest BCUT2D eigenvalue weighted by molar-refractivity contribution is 0.259. The van der Waals surface area contributed by atoms with Crippen molar-refractivity contribution in [3.8, 4) is 0 Å². The number of anilines is 1. The predicted molar refractivity (Wildman–Crippen MR) is 95.2 cm³/mol. The summed E-state index contributed by atoms with van der Waals surface area (Å²) in [5.74, 6) is 0.668. The molecule has 8 nitrogen and oxygen atoms in total. The van der Waals surface area contributed by atoms with Crippen molar-refractivity contribution in [1.82, 2.24) is 19.6 Å². The van der Waals surface area contributed by atoms with Crippen molar-refractivity contribution in [2.45, 2.75) is 6.92 Å². The van der Waals surface area contributed by atoms with E-state index >= 15 is 0 Å². The van der Waals surface area contributed by atoms with E-state index in [4.69, 9.17) is 0 Å². The van der Waals surface area contributed by atoms with Crippen molar-refractivity contribution in [2.24, 2.45) is 0 Å². The predicted octanol–water partition coefficient (Wildman–Crippen LogP) is 2.36. The fourth-order valence-electron chi connectivity index (χ4n) is 2.62. The molecule has 2 aromatic carbocycles. The summed E-state index contributed by atoms with van der Waals surface area (Å²) in [5, 5.41) is 3.01. The van der Waals surface area contributed by atoms with Gasteiger partial charge in [0.25, 0.3) is 5.56 Å². The number of aryl methyl sites for hydroxylation is 1. The van der Waals surface area contributed by atoms with Gasteiger partial charge in [-0.25, -0.2) is 24.9 Å². The zero-order chi connectivity index (χ0) is 17.4. The van der Waals surface area contributed by atoms with Crippen LogP contribution in [0.15, 0.2) is 53.3 Å². The third-order valence-corrected chi connectivity index (χ3v) is 3.78. The maximum atomic E-state index is 12.5. The Labute approximate surface area is 141 Å². The van der Waals surface area contributed by atoms with E-state index in [-0.39, 0.29) is 11.5 Å². The monoisotopic (exact) mass is 334 g/mol. The second kappa shape index (κ2) is 5.75. The van der Waals surface area contributed by atoms with E-state index < -0.39 is 6.03 Å². The molecule has 2 aromatic heterocycles. The summed E-state index contributed by atoms with van der Waals surface area (Å²) >= 11 is 0. The van der Waals surface area contributed by atoms with Crippen molar-refractivity contribution in [2.75, 3.05) is 10.7 Å². The number of rotatable bonds is 2. The minimum Gasteiger partial charge on any atom is -0.324 e. The second-order valence-corrected chi connectivity index (χ2v) is 5.49. The molecule has 0 bridgehead atoms. The molecule has 4 aromatic rings. The number of urea groups is 1. The Kier molecular flexibility index (Phi) is 3.42. The zero-order valence-corrected chi connectivity index (χ0v) is 13.3. The highest BCUT2D eigenvalue weighted by Crippen LogP contribution is 2.13. The third kappa shape index (κ3) is 2.69. The van der Waals surface area contributed by atoms with E-state index in [0.717, 1.165) is 15.7 Å². The minimum atomic E-state index is -0.596. The smallest absolute Gasteiger partial charge is 0.324 e. The molecule has 0 fully saturated rings. The van der Waals surface area contributed by atoms with E-state index in [1.807, 2.05) is 24.3 Å². The maximum Gasteiger partial charge on any atom is 0.340 e. The number of amides is 2. The average molecular weight is 334 g/mol. The number of carbonyl (C=O) groups excluding carboxylic acids is 1. The number of fused-ring (bicyclic) bond motifs is 2. The van der Waals surface area contributed by atoms with Gasteiger partial charge in [-0.2, -0.15) is 0 Å². The number of hydrogen-bond donors (Lipinski definition) is 3. The summed E-state index contributed by atoms with van der Waals surface area (Å²) in [4.78, 5) is 36.3. The Bertz CT molecular complexity index is 1130. The van der Waals surface area contributed by atoms with Crippen LogP contribution in [0.25, 0.3) is 21.9 Å². The van der Waals surface area contributed by atoms with Gasteiger partial charge in [0.05, 0.1) is 21.9 Å². The number of aromatic amines is 1. The first-order valence-corrected chi connectivity index (χ1v) is 7.63. The lowest BCUT2D eigenvalue weighted by Gasteiger charge is -2.11. The number of aromatic nitrogens is 4. The summed E-state index contributed by atoms with van der Waals surface area (Å²) in [6.45, 7) is 1.65. The molecular formula is C17H14N6O2. The fraction of sp³-hybridized carbons (Fsp3) is 0.0588. The average Bonchev–Trinajstić information content (AvgIpc) is 3.00. The van der Waals surface area contributed by atoms with Gasteiger partial charge in [-0.1, -0.05) is 24.3 Å². The largest absolute Gasteiger partial charge is 0.340 e. The highest BCUT2D eigenvalue weighted by molar-refractivity contribution is 5.95. The molecule has 2 amide bonds. The second-order valence-electron chi connectivity index (χ2n) is 5.49. The Morgan fingerprint density at radius 3 is 2.56 bits per heavy atom. The molecule has 0 aliphatic heterocycles. The van der Waals surface area contributed by atoms with Crippen LogP contribution in [0.3, 0.4) is 0 Å². The Morgan fingerprint density at radius 1 is 1.04 bits per heavy atom. The summed E-state index contributed by atoms with van der Waals surface area (Å²) in [7, 11) is 0. The van der Waals surface area contributed by atoms with E-state index in [1.54, 1.807) is 31.2 Å². The topological polar surface area (TPSA) is 105 Å². The van der Waals surface area contributed by atoms with Gasteiger partial charge in [-0.05, 0) is 31.2 Å². The molecule has 2 heterocycles.